The molecule has 0 aliphatic carbocycles. The van der Waals surface area contributed by atoms with E-state index in [9.17, 15) is 9.50 Å². The van der Waals surface area contributed by atoms with Gasteiger partial charge >= 0.3 is 0 Å². The molecule has 78 valence electrons. The lowest BCUT2D eigenvalue weighted by atomic mass is 10.0. The predicted octanol–water partition coefficient (Wildman–Crippen LogP) is 1.65. The average Bonchev–Trinajstić information content (AvgIpc) is 2.16. The zero-order valence-electron chi connectivity index (χ0n) is 8.39. The van der Waals surface area contributed by atoms with Crippen LogP contribution in [0.5, 0.6) is 11.5 Å². The molecule has 1 aromatic rings. The van der Waals surface area contributed by atoms with E-state index in [0.717, 1.165) is 0 Å². The molecular formula is C10H13FO3. The molecule has 0 saturated heterocycles. The molecule has 0 atom stereocenters. The van der Waals surface area contributed by atoms with Crippen molar-refractivity contribution in [3.8, 4) is 11.5 Å². The number of ether oxygens (including phenoxy) is 1. The number of aliphatic hydroxyl groups excluding tert-OH is 1. The average molecular weight is 200 g/mol. The fourth-order valence-corrected chi connectivity index (χ4v) is 1.45. The smallest absolute Gasteiger partial charge is 0.166 e. The van der Waals surface area contributed by atoms with Crippen molar-refractivity contribution >= 4 is 0 Å². The second-order valence-electron chi connectivity index (χ2n) is 3.08. The van der Waals surface area contributed by atoms with Crippen molar-refractivity contribution in [2.24, 2.45) is 0 Å². The van der Waals surface area contributed by atoms with Gasteiger partial charge in [-0.2, -0.15) is 0 Å². The molecule has 0 spiro atoms. The maximum Gasteiger partial charge on any atom is 0.166 e. The first-order chi connectivity index (χ1) is 6.54. The Morgan fingerprint density at radius 2 is 1.86 bits per heavy atom. The zero-order chi connectivity index (χ0) is 10.9. The van der Waals surface area contributed by atoms with Gasteiger partial charge in [0, 0.05) is 11.1 Å². The third kappa shape index (κ3) is 1.42. The first-order valence-corrected chi connectivity index (χ1v) is 4.19. The molecule has 1 aromatic carbocycles. The maximum atomic E-state index is 13.5. The summed E-state index contributed by atoms with van der Waals surface area (Å²) in [5.41, 5.74) is 0.674. The summed E-state index contributed by atoms with van der Waals surface area (Å²) in [5, 5.41) is 18.6. The standard InChI is InChI=1S/C10H13FO3/c1-5-7(4-12)9(13)10(14-3)6(2)8(5)11/h12-13H,4H2,1-3H3. The number of benzene rings is 1. The number of hydrogen-bond donors (Lipinski definition) is 2. The number of aromatic hydroxyl groups is 1. The number of methoxy groups -OCH3 is 1. The van der Waals surface area contributed by atoms with Crippen LogP contribution >= 0.6 is 0 Å². The highest BCUT2D eigenvalue weighted by Crippen LogP contribution is 2.37. The molecule has 0 bridgehead atoms. The number of rotatable bonds is 2. The first-order valence-electron chi connectivity index (χ1n) is 4.19. The highest BCUT2D eigenvalue weighted by molar-refractivity contribution is 5.54. The summed E-state index contributed by atoms with van der Waals surface area (Å²) in [6.45, 7) is 2.61. The molecular weight excluding hydrogens is 187 g/mol. The van der Waals surface area contributed by atoms with E-state index in [1.807, 2.05) is 0 Å². The Morgan fingerprint density at radius 1 is 1.29 bits per heavy atom. The number of halogens is 1. The van der Waals surface area contributed by atoms with Gasteiger partial charge in [-0.1, -0.05) is 0 Å². The predicted molar refractivity (Wildman–Crippen MR) is 50.0 cm³/mol. The lowest BCUT2D eigenvalue weighted by Gasteiger charge is -2.14. The van der Waals surface area contributed by atoms with Crippen molar-refractivity contribution in [2.75, 3.05) is 7.11 Å². The van der Waals surface area contributed by atoms with Gasteiger partial charge in [-0.15, -0.1) is 0 Å². The molecule has 3 nitrogen and oxygen atoms in total. The quantitative estimate of drug-likeness (QED) is 0.763. The van der Waals surface area contributed by atoms with Gasteiger partial charge in [0.05, 0.1) is 13.7 Å². The topological polar surface area (TPSA) is 49.7 Å². The molecule has 0 amide bonds. The maximum absolute atomic E-state index is 13.5. The monoisotopic (exact) mass is 200 g/mol. The van der Waals surface area contributed by atoms with E-state index in [2.05, 4.69) is 0 Å². The Balaban J connectivity index is 3.56. The Morgan fingerprint density at radius 3 is 2.29 bits per heavy atom. The minimum absolute atomic E-state index is 0.0807. The fraction of sp³-hybridized carbons (Fsp3) is 0.400. The van der Waals surface area contributed by atoms with E-state index >= 15 is 0 Å². The van der Waals surface area contributed by atoms with E-state index in [-0.39, 0.29) is 28.2 Å². The lowest BCUT2D eigenvalue weighted by Crippen LogP contribution is -2.00. The van der Waals surface area contributed by atoms with Gasteiger partial charge in [0.15, 0.2) is 11.5 Å². The van der Waals surface area contributed by atoms with Crippen LogP contribution in [-0.4, -0.2) is 17.3 Å². The second-order valence-corrected chi connectivity index (χ2v) is 3.08. The van der Waals surface area contributed by atoms with Crippen molar-refractivity contribution in [1.29, 1.82) is 0 Å². The summed E-state index contributed by atoms with van der Waals surface area (Å²) < 4.78 is 18.4. The largest absolute Gasteiger partial charge is 0.504 e. The van der Waals surface area contributed by atoms with Gasteiger partial charge in [0.2, 0.25) is 0 Å². The summed E-state index contributed by atoms with van der Waals surface area (Å²) in [7, 11) is 1.35. The van der Waals surface area contributed by atoms with E-state index in [1.54, 1.807) is 0 Å². The Kier molecular flexibility index (Phi) is 2.96. The summed E-state index contributed by atoms with van der Waals surface area (Å²) in [6, 6.07) is 0. The van der Waals surface area contributed by atoms with Crippen LogP contribution in [0.15, 0.2) is 0 Å². The minimum Gasteiger partial charge on any atom is -0.504 e. The van der Waals surface area contributed by atoms with Gasteiger partial charge in [-0.3, -0.25) is 0 Å². The normalized spacial score (nSPS) is 10.4. The molecule has 0 radical (unpaired) electrons. The van der Waals surface area contributed by atoms with Gasteiger partial charge in [-0.05, 0) is 19.4 Å². The van der Waals surface area contributed by atoms with E-state index in [0.29, 0.717) is 0 Å². The van der Waals surface area contributed by atoms with E-state index in [4.69, 9.17) is 9.84 Å². The third-order valence-electron chi connectivity index (χ3n) is 2.31. The first kappa shape index (κ1) is 10.8. The van der Waals surface area contributed by atoms with Crippen LogP contribution in [0.3, 0.4) is 0 Å². The van der Waals surface area contributed by atoms with Gasteiger partial charge in [-0.25, -0.2) is 4.39 Å². The van der Waals surface area contributed by atoms with Gasteiger partial charge < -0.3 is 14.9 Å². The summed E-state index contributed by atoms with van der Waals surface area (Å²) in [6.07, 6.45) is 0. The van der Waals surface area contributed by atoms with Crippen LogP contribution in [0.2, 0.25) is 0 Å². The molecule has 0 saturated carbocycles. The number of phenols is 1. The van der Waals surface area contributed by atoms with Crippen molar-refractivity contribution in [1.82, 2.24) is 0 Å². The minimum atomic E-state index is -0.455. The van der Waals surface area contributed by atoms with Crippen LogP contribution in [0.1, 0.15) is 16.7 Å². The van der Waals surface area contributed by atoms with Gasteiger partial charge in [0.25, 0.3) is 0 Å². The second kappa shape index (κ2) is 3.84. The lowest BCUT2D eigenvalue weighted by molar-refractivity contribution is 0.269. The van der Waals surface area contributed by atoms with Crippen molar-refractivity contribution in [2.45, 2.75) is 20.5 Å². The molecule has 0 aromatic heterocycles. The molecule has 0 heterocycles. The van der Waals surface area contributed by atoms with Crippen LogP contribution in [0.25, 0.3) is 0 Å². The van der Waals surface area contributed by atoms with Crippen molar-refractivity contribution in [3.63, 3.8) is 0 Å². The molecule has 0 aliphatic heterocycles. The highest BCUT2D eigenvalue weighted by atomic mass is 19.1. The molecule has 0 fully saturated rings. The highest BCUT2D eigenvalue weighted by Gasteiger charge is 2.19. The van der Waals surface area contributed by atoms with Crippen LogP contribution in [0, 0.1) is 19.7 Å². The SMILES string of the molecule is COc1c(C)c(F)c(C)c(CO)c1O. The zero-order valence-corrected chi connectivity index (χ0v) is 8.39. The summed E-state index contributed by atoms with van der Waals surface area (Å²) in [5.74, 6) is -0.563. The van der Waals surface area contributed by atoms with Crippen LogP contribution < -0.4 is 4.74 Å². The Labute approximate surface area is 81.8 Å². The summed E-state index contributed by atoms with van der Waals surface area (Å²) >= 11 is 0. The van der Waals surface area contributed by atoms with Crippen molar-refractivity contribution < 1.29 is 19.3 Å². The van der Waals surface area contributed by atoms with E-state index < -0.39 is 12.4 Å². The fourth-order valence-electron chi connectivity index (χ4n) is 1.45. The molecule has 2 N–H and O–H groups in total. The Bertz CT molecular complexity index is 330. The van der Waals surface area contributed by atoms with Crippen LogP contribution in [0.4, 0.5) is 4.39 Å². The molecule has 4 heteroatoms. The van der Waals surface area contributed by atoms with Gasteiger partial charge in [0.1, 0.15) is 5.82 Å². The third-order valence-corrected chi connectivity index (χ3v) is 2.31. The van der Waals surface area contributed by atoms with Crippen molar-refractivity contribution in [3.05, 3.63) is 22.5 Å². The number of aliphatic hydroxyl groups is 1. The molecule has 0 aliphatic rings. The molecule has 14 heavy (non-hydrogen) atoms. The summed E-state index contributed by atoms with van der Waals surface area (Å²) in [4.78, 5) is 0. The van der Waals surface area contributed by atoms with Crippen LogP contribution in [-0.2, 0) is 6.61 Å². The molecule has 1 rings (SSSR count). The number of hydrogen-bond acceptors (Lipinski definition) is 3. The Hall–Kier alpha value is -1.29. The molecule has 0 unspecified atom stereocenters. The van der Waals surface area contributed by atoms with E-state index in [1.165, 1.54) is 21.0 Å².